The molecular formula is C24H21N3O2S. The van der Waals surface area contributed by atoms with Crippen LogP contribution in [0.15, 0.2) is 72.8 Å². The van der Waals surface area contributed by atoms with Crippen molar-refractivity contribution in [3.05, 3.63) is 95.1 Å². The maximum atomic E-state index is 12.6. The number of amides is 2. The van der Waals surface area contributed by atoms with Gasteiger partial charge in [0.1, 0.15) is 0 Å². The van der Waals surface area contributed by atoms with E-state index in [0.29, 0.717) is 28.3 Å². The van der Waals surface area contributed by atoms with Crippen LogP contribution in [0, 0.1) is 18.3 Å². The van der Waals surface area contributed by atoms with E-state index in [1.165, 1.54) is 11.8 Å². The summed E-state index contributed by atoms with van der Waals surface area (Å²) in [7, 11) is 0. The van der Waals surface area contributed by atoms with Crippen LogP contribution in [0.2, 0.25) is 0 Å². The highest BCUT2D eigenvalue weighted by Gasteiger charge is 2.13. The summed E-state index contributed by atoms with van der Waals surface area (Å²) in [6.45, 7) is 1.82. The van der Waals surface area contributed by atoms with Crippen molar-refractivity contribution >= 4 is 35.0 Å². The maximum absolute atomic E-state index is 12.6. The summed E-state index contributed by atoms with van der Waals surface area (Å²) in [6.07, 6.45) is 0. The normalized spacial score (nSPS) is 10.1. The number of thioether (sulfide) groups is 1. The predicted molar refractivity (Wildman–Crippen MR) is 122 cm³/mol. The molecular weight excluding hydrogens is 394 g/mol. The number of hydrogen-bond donors (Lipinski definition) is 2. The highest BCUT2D eigenvalue weighted by molar-refractivity contribution is 7.99. The van der Waals surface area contributed by atoms with Gasteiger partial charge >= 0.3 is 0 Å². The molecule has 0 saturated carbocycles. The van der Waals surface area contributed by atoms with E-state index in [0.717, 1.165) is 16.8 Å². The van der Waals surface area contributed by atoms with E-state index in [2.05, 4.69) is 16.7 Å². The van der Waals surface area contributed by atoms with Crippen molar-refractivity contribution in [1.29, 1.82) is 5.26 Å². The molecule has 0 aliphatic heterocycles. The number of benzene rings is 3. The molecule has 0 radical (unpaired) electrons. The number of nitriles is 1. The Labute approximate surface area is 180 Å². The minimum atomic E-state index is -0.218. The van der Waals surface area contributed by atoms with Crippen molar-refractivity contribution in [2.75, 3.05) is 16.4 Å². The molecule has 0 atom stereocenters. The first kappa shape index (κ1) is 21.2. The number of hydrogen-bond acceptors (Lipinski definition) is 4. The Bertz CT molecular complexity index is 1070. The Morgan fingerprint density at radius 1 is 0.933 bits per heavy atom. The second-order valence-corrected chi connectivity index (χ2v) is 7.63. The molecule has 5 nitrogen and oxygen atoms in total. The standard InChI is InChI=1S/C24H21N3O2S/c1-17-21(24(29)26-20-6-3-2-4-7-20)8-5-9-22(17)27-23(28)16-30-15-19-12-10-18(14-25)11-13-19/h2-13H,15-16H2,1H3,(H,26,29)(H,27,28). The Morgan fingerprint density at radius 3 is 2.37 bits per heavy atom. The van der Waals surface area contributed by atoms with Crippen LogP contribution in [0.5, 0.6) is 0 Å². The lowest BCUT2D eigenvalue weighted by atomic mass is 10.1. The second-order valence-electron chi connectivity index (χ2n) is 6.65. The molecule has 0 aromatic heterocycles. The van der Waals surface area contributed by atoms with Gasteiger partial charge in [0, 0.05) is 22.7 Å². The van der Waals surface area contributed by atoms with Gasteiger partial charge in [-0.25, -0.2) is 0 Å². The predicted octanol–water partition coefficient (Wildman–Crippen LogP) is 4.99. The summed E-state index contributed by atoms with van der Waals surface area (Å²) < 4.78 is 0. The molecule has 30 heavy (non-hydrogen) atoms. The van der Waals surface area contributed by atoms with Crippen LogP contribution in [0.4, 0.5) is 11.4 Å². The van der Waals surface area contributed by atoms with Crippen molar-refractivity contribution < 1.29 is 9.59 Å². The fourth-order valence-corrected chi connectivity index (χ4v) is 3.65. The van der Waals surface area contributed by atoms with Gasteiger partial charge in [-0.3, -0.25) is 9.59 Å². The molecule has 0 unspecified atom stereocenters. The summed E-state index contributed by atoms with van der Waals surface area (Å²) in [4.78, 5) is 25.0. The molecule has 0 bridgehead atoms. The van der Waals surface area contributed by atoms with Gasteiger partial charge in [-0.1, -0.05) is 36.4 Å². The molecule has 2 N–H and O–H groups in total. The van der Waals surface area contributed by atoms with Gasteiger partial charge < -0.3 is 10.6 Å². The first-order valence-corrected chi connectivity index (χ1v) is 10.5. The van der Waals surface area contributed by atoms with Crippen LogP contribution >= 0.6 is 11.8 Å². The fourth-order valence-electron chi connectivity index (χ4n) is 2.86. The molecule has 0 fully saturated rings. The summed E-state index contributed by atoms with van der Waals surface area (Å²) >= 11 is 1.49. The highest BCUT2D eigenvalue weighted by Crippen LogP contribution is 2.21. The quantitative estimate of drug-likeness (QED) is 0.569. The first-order valence-electron chi connectivity index (χ1n) is 9.39. The van der Waals surface area contributed by atoms with E-state index in [1.54, 1.807) is 30.3 Å². The van der Waals surface area contributed by atoms with Gasteiger partial charge in [-0.15, -0.1) is 11.8 Å². The largest absolute Gasteiger partial charge is 0.325 e. The molecule has 0 aliphatic carbocycles. The number of para-hydroxylation sites is 1. The lowest BCUT2D eigenvalue weighted by Gasteiger charge is -2.13. The van der Waals surface area contributed by atoms with Gasteiger partial charge in [-0.05, 0) is 54.4 Å². The molecule has 150 valence electrons. The third-order valence-electron chi connectivity index (χ3n) is 4.47. The first-order chi connectivity index (χ1) is 14.6. The van der Waals surface area contributed by atoms with E-state index < -0.39 is 0 Å². The number of nitrogens with zero attached hydrogens (tertiary/aromatic N) is 1. The number of rotatable bonds is 7. The van der Waals surface area contributed by atoms with Crippen molar-refractivity contribution in [2.24, 2.45) is 0 Å². The van der Waals surface area contributed by atoms with E-state index in [9.17, 15) is 9.59 Å². The number of carbonyl (C=O) groups is 2. The topological polar surface area (TPSA) is 82.0 Å². The smallest absolute Gasteiger partial charge is 0.256 e. The lowest BCUT2D eigenvalue weighted by molar-refractivity contribution is -0.113. The zero-order chi connectivity index (χ0) is 21.3. The zero-order valence-corrected chi connectivity index (χ0v) is 17.3. The van der Waals surface area contributed by atoms with Gasteiger partial charge in [0.05, 0.1) is 17.4 Å². The van der Waals surface area contributed by atoms with Gasteiger partial charge in [0.15, 0.2) is 0 Å². The molecule has 3 rings (SSSR count). The minimum absolute atomic E-state index is 0.127. The van der Waals surface area contributed by atoms with E-state index in [1.807, 2.05) is 49.4 Å². The molecule has 3 aromatic rings. The third-order valence-corrected chi connectivity index (χ3v) is 5.47. The molecule has 0 spiro atoms. The zero-order valence-electron chi connectivity index (χ0n) is 16.5. The van der Waals surface area contributed by atoms with Crippen LogP contribution < -0.4 is 10.6 Å². The van der Waals surface area contributed by atoms with E-state index in [4.69, 9.17) is 5.26 Å². The highest BCUT2D eigenvalue weighted by atomic mass is 32.2. The number of nitrogens with one attached hydrogen (secondary N) is 2. The number of carbonyl (C=O) groups excluding carboxylic acids is 2. The molecule has 0 aliphatic rings. The van der Waals surface area contributed by atoms with Gasteiger partial charge in [0.25, 0.3) is 5.91 Å². The lowest BCUT2D eigenvalue weighted by Crippen LogP contribution is -2.18. The van der Waals surface area contributed by atoms with Crippen LogP contribution in [0.1, 0.15) is 27.0 Å². The Morgan fingerprint density at radius 2 is 1.67 bits per heavy atom. The second kappa shape index (κ2) is 10.3. The molecule has 0 heterocycles. The van der Waals surface area contributed by atoms with Gasteiger partial charge in [-0.2, -0.15) is 5.26 Å². The van der Waals surface area contributed by atoms with Crippen molar-refractivity contribution in [1.82, 2.24) is 0 Å². The molecule has 0 saturated heterocycles. The molecule has 6 heteroatoms. The van der Waals surface area contributed by atoms with Crippen LogP contribution in [0.25, 0.3) is 0 Å². The van der Waals surface area contributed by atoms with Crippen LogP contribution in [-0.4, -0.2) is 17.6 Å². The Hall–Kier alpha value is -3.56. The fraction of sp³-hybridized carbons (Fsp3) is 0.125. The Kier molecular flexibility index (Phi) is 7.25. The molecule has 3 aromatic carbocycles. The summed E-state index contributed by atoms with van der Waals surface area (Å²) in [5.41, 5.74) is 4.25. The molecule has 2 amide bonds. The summed E-state index contributed by atoms with van der Waals surface area (Å²) in [6, 6.07) is 23.9. The third kappa shape index (κ3) is 5.72. The average Bonchev–Trinajstić information content (AvgIpc) is 2.76. The van der Waals surface area contributed by atoms with Gasteiger partial charge in [0.2, 0.25) is 5.91 Å². The average molecular weight is 416 g/mol. The van der Waals surface area contributed by atoms with E-state index in [-0.39, 0.29) is 11.8 Å². The van der Waals surface area contributed by atoms with Crippen LogP contribution in [-0.2, 0) is 10.5 Å². The SMILES string of the molecule is Cc1c(NC(=O)CSCc2ccc(C#N)cc2)cccc1C(=O)Nc1ccccc1. The van der Waals surface area contributed by atoms with Crippen molar-refractivity contribution in [3.8, 4) is 6.07 Å². The Balaban J connectivity index is 1.56. The summed E-state index contributed by atoms with van der Waals surface area (Å²) in [5, 5.41) is 14.6. The monoisotopic (exact) mass is 415 g/mol. The van der Waals surface area contributed by atoms with Crippen molar-refractivity contribution in [2.45, 2.75) is 12.7 Å². The van der Waals surface area contributed by atoms with Crippen molar-refractivity contribution in [3.63, 3.8) is 0 Å². The van der Waals surface area contributed by atoms with E-state index >= 15 is 0 Å². The van der Waals surface area contributed by atoms with Crippen LogP contribution in [0.3, 0.4) is 0 Å². The number of anilines is 2. The minimum Gasteiger partial charge on any atom is -0.325 e. The maximum Gasteiger partial charge on any atom is 0.256 e. The summed E-state index contributed by atoms with van der Waals surface area (Å²) in [5.74, 6) is 0.625.